The topological polar surface area (TPSA) is 87.3 Å². The van der Waals surface area contributed by atoms with E-state index in [9.17, 15) is 14.4 Å². The summed E-state index contributed by atoms with van der Waals surface area (Å²) in [6, 6.07) is -0.526. The van der Waals surface area contributed by atoms with Crippen LogP contribution < -0.4 is 16.0 Å². The zero-order chi connectivity index (χ0) is 41.7. The van der Waals surface area contributed by atoms with Crippen molar-refractivity contribution in [1.82, 2.24) is 16.0 Å². The normalized spacial score (nSPS) is 19.6. The summed E-state index contributed by atoms with van der Waals surface area (Å²) in [5.74, 6) is 2.08. The predicted molar refractivity (Wildman–Crippen MR) is 239 cm³/mol. The maximum Gasteiger partial charge on any atom is 0.242 e. The first-order valence-corrected chi connectivity index (χ1v) is 23.7. The zero-order valence-electron chi connectivity index (χ0n) is 38.8. The molecular weight excluding hydrogens is 691 g/mol. The lowest BCUT2D eigenvalue weighted by atomic mass is 9.70. The Balaban J connectivity index is 1.66. The van der Waals surface area contributed by atoms with Crippen molar-refractivity contribution >= 4 is 17.7 Å². The molecule has 6 heteroatoms. The van der Waals surface area contributed by atoms with Crippen LogP contribution >= 0.6 is 0 Å². The van der Waals surface area contributed by atoms with Crippen molar-refractivity contribution in [2.45, 2.75) is 230 Å². The smallest absolute Gasteiger partial charge is 0.242 e. The summed E-state index contributed by atoms with van der Waals surface area (Å²) in [4.78, 5) is 39.0. The van der Waals surface area contributed by atoms with Crippen LogP contribution in [0.1, 0.15) is 224 Å². The van der Waals surface area contributed by atoms with Gasteiger partial charge in [-0.1, -0.05) is 130 Å². The molecule has 5 atom stereocenters. The van der Waals surface area contributed by atoms with Gasteiger partial charge in [-0.25, -0.2) is 0 Å². The Morgan fingerprint density at radius 3 is 1.52 bits per heavy atom. The Bertz CT molecular complexity index is 1250. The molecule has 56 heavy (non-hydrogen) atoms. The van der Waals surface area contributed by atoms with Crippen molar-refractivity contribution in [3.63, 3.8) is 0 Å². The minimum absolute atomic E-state index is 0.0273. The van der Waals surface area contributed by atoms with Crippen LogP contribution in [-0.4, -0.2) is 36.9 Å². The average Bonchev–Trinajstić information content (AvgIpc) is 3.10. The lowest BCUT2D eigenvalue weighted by molar-refractivity contribution is -0.129. The third kappa shape index (κ3) is 19.6. The molecule has 0 aliphatic heterocycles. The number of hydrogen-bond donors (Lipinski definition) is 3. The highest BCUT2D eigenvalue weighted by atomic mass is 16.2. The standard InChI is InChI=1S/C50H91N3O3/c1-12-13-33-52-48(56)45(53-47(55)36-40(5)23-17-21-38(3)28-30-44-42(7)25-19-32-50(44,10)11)26-14-15-34-51-46(54)35-39(4)22-16-20-37(2)27-29-43-41(6)24-18-31-49(43,8)9/h37-40,45H,12-36H2,1-11H3,(H,51,54)(H,52,56)(H,53,55). The fraction of sp³-hybridized carbons (Fsp3) is 0.860. The van der Waals surface area contributed by atoms with E-state index in [1.165, 1.54) is 83.5 Å². The van der Waals surface area contributed by atoms with Gasteiger partial charge in [-0.3, -0.25) is 14.4 Å². The maximum absolute atomic E-state index is 13.1. The lowest BCUT2D eigenvalue weighted by Gasteiger charge is -2.35. The maximum atomic E-state index is 13.1. The number of amides is 3. The van der Waals surface area contributed by atoms with E-state index < -0.39 is 6.04 Å². The van der Waals surface area contributed by atoms with Gasteiger partial charge >= 0.3 is 0 Å². The second kappa shape index (κ2) is 26.1. The summed E-state index contributed by atoms with van der Waals surface area (Å²) in [5.41, 5.74) is 7.40. The minimum Gasteiger partial charge on any atom is -0.356 e. The van der Waals surface area contributed by atoms with Gasteiger partial charge in [0.05, 0.1) is 0 Å². The first kappa shape index (κ1) is 50.0. The highest BCUT2D eigenvalue weighted by Crippen LogP contribution is 2.44. The third-order valence-electron chi connectivity index (χ3n) is 13.7. The molecule has 0 saturated heterocycles. The van der Waals surface area contributed by atoms with Crippen LogP contribution in [0, 0.1) is 34.5 Å². The van der Waals surface area contributed by atoms with Crippen molar-refractivity contribution in [2.24, 2.45) is 34.5 Å². The van der Waals surface area contributed by atoms with E-state index in [4.69, 9.17) is 0 Å². The van der Waals surface area contributed by atoms with E-state index in [1.807, 2.05) is 0 Å². The van der Waals surface area contributed by atoms with E-state index in [0.29, 0.717) is 55.0 Å². The van der Waals surface area contributed by atoms with E-state index in [-0.39, 0.29) is 23.6 Å². The van der Waals surface area contributed by atoms with Gasteiger partial charge in [0.25, 0.3) is 0 Å². The van der Waals surface area contributed by atoms with Gasteiger partial charge in [-0.05, 0) is 138 Å². The van der Waals surface area contributed by atoms with Crippen LogP contribution in [0.5, 0.6) is 0 Å². The van der Waals surface area contributed by atoms with Gasteiger partial charge in [0, 0.05) is 25.9 Å². The van der Waals surface area contributed by atoms with Crippen molar-refractivity contribution in [2.75, 3.05) is 13.1 Å². The Kier molecular flexibility index (Phi) is 23.3. The molecule has 2 rings (SSSR count). The Morgan fingerprint density at radius 2 is 1.04 bits per heavy atom. The summed E-state index contributed by atoms with van der Waals surface area (Å²) in [6.45, 7) is 26.9. The number of rotatable bonds is 28. The number of nitrogens with one attached hydrogen (secondary N) is 3. The Hall–Kier alpha value is -2.11. The summed E-state index contributed by atoms with van der Waals surface area (Å²) in [5, 5.41) is 9.23. The second-order valence-electron chi connectivity index (χ2n) is 20.4. The predicted octanol–water partition coefficient (Wildman–Crippen LogP) is 13.0. The molecule has 3 amide bonds. The number of carbonyl (C=O) groups is 3. The van der Waals surface area contributed by atoms with Gasteiger partial charge in [-0.2, -0.15) is 0 Å². The lowest BCUT2D eigenvalue weighted by Crippen LogP contribution is -2.47. The van der Waals surface area contributed by atoms with E-state index in [0.717, 1.165) is 50.9 Å². The van der Waals surface area contributed by atoms with Gasteiger partial charge < -0.3 is 16.0 Å². The fourth-order valence-electron chi connectivity index (χ4n) is 9.80. The van der Waals surface area contributed by atoms with Crippen molar-refractivity contribution in [1.29, 1.82) is 0 Å². The number of hydrogen-bond acceptors (Lipinski definition) is 3. The summed E-state index contributed by atoms with van der Waals surface area (Å²) in [7, 11) is 0. The molecule has 324 valence electrons. The molecule has 0 aromatic heterocycles. The van der Waals surface area contributed by atoms with Crippen molar-refractivity contribution in [3.8, 4) is 0 Å². The quantitative estimate of drug-likeness (QED) is 0.0546. The van der Waals surface area contributed by atoms with Crippen LogP contribution in [-0.2, 0) is 14.4 Å². The van der Waals surface area contributed by atoms with Crippen LogP contribution in [0.25, 0.3) is 0 Å². The molecule has 0 radical (unpaired) electrons. The van der Waals surface area contributed by atoms with E-state index in [2.05, 4.69) is 92.1 Å². The van der Waals surface area contributed by atoms with Gasteiger partial charge in [-0.15, -0.1) is 0 Å². The average molecular weight is 782 g/mol. The molecule has 0 bridgehead atoms. The Labute approximate surface area is 346 Å². The highest BCUT2D eigenvalue weighted by Gasteiger charge is 2.29. The molecule has 0 heterocycles. The number of carbonyl (C=O) groups excluding carboxylic acids is 3. The molecule has 0 saturated carbocycles. The van der Waals surface area contributed by atoms with Crippen LogP contribution in [0.15, 0.2) is 22.3 Å². The van der Waals surface area contributed by atoms with Crippen molar-refractivity contribution in [3.05, 3.63) is 22.3 Å². The van der Waals surface area contributed by atoms with Crippen LogP contribution in [0.4, 0.5) is 0 Å². The largest absolute Gasteiger partial charge is 0.356 e. The summed E-state index contributed by atoms with van der Waals surface area (Å²) >= 11 is 0. The van der Waals surface area contributed by atoms with E-state index >= 15 is 0 Å². The zero-order valence-corrected chi connectivity index (χ0v) is 38.8. The molecule has 2 aliphatic carbocycles. The summed E-state index contributed by atoms with van der Waals surface area (Å²) in [6.07, 6.45) is 24.8. The molecule has 0 fully saturated rings. The first-order valence-electron chi connectivity index (χ1n) is 23.7. The highest BCUT2D eigenvalue weighted by molar-refractivity contribution is 5.87. The number of allylic oxidation sites excluding steroid dienone is 4. The molecule has 0 spiro atoms. The molecule has 2 aliphatic rings. The SMILES string of the molecule is CCCCNC(=O)C(CCCCNC(=O)CC(C)CCCC(C)CCC1=C(C)CCCC1(C)C)NC(=O)CC(C)CCCC(C)CCC1=C(C)CCCC1(C)C. The second-order valence-corrected chi connectivity index (χ2v) is 20.4. The number of unbranched alkanes of at least 4 members (excludes halogenated alkanes) is 2. The molecule has 0 aromatic carbocycles. The molecule has 5 unspecified atom stereocenters. The molecule has 6 nitrogen and oxygen atoms in total. The third-order valence-corrected chi connectivity index (χ3v) is 13.7. The molecule has 0 aromatic rings. The van der Waals surface area contributed by atoms with Crippen molar-refractivity contribution < 1.29 is 14.4 Å². The van der Waals surface area contributed by atoms with Gasteiger partial charge in [0.15, 0.2) is 0 Å². The summed E-state index contributed by atoms with van der Waals surface area (Å²) < 4.78 is 0. The molecular formula is C50H91N3O3. The minimum atomic E-state index is -0.526. The van der Waals surface area contributed by atoms with Gasteiger partial charge in [0.1, 0.15) is 6.04 Å². The van der Waals surface area contributed by atoms with Crippen LogP contribution in [0.2, 0.25) is 0 Å². The molecule has 3 N–H and O–H groups in total. The first-order chi connectivity index (χ1) is 26.4. The Morgan fingerprint density at radius 1 is 0.571 bits per heavy atom. The van der Waals surface area contributed by atoms with E-state index in [1.54, 1.807) is 22.3 Å². The fourth-order valence-corrected chi connectivity index (χ4v) is 9.80. The monoisotopic (exact) mass is 782 g/mol. The van der Waals surface area contributed by atoms with Gasteiger partial charge in [0.2, 0.25) is 17.7 Å². The van der Waals surface area contributed by atoms with Crippen LogP contribution in [0.3, 0.4) is 0 Å².